The Morgan fingerprint density at radius 3 is 2.57 bits per heavy atom. The normalized spacial score (nSPS) is 14.7. The van der Waals surface area contributed by atoms with Gasteiger partial charge < -0.3 is 9.47 Å². The first-order chi connectivity index (χ1) is 13.7. The van der Waals surface area contributed by atoms with Crippen LogP contribution in [0.15, 0.2) is 89.6 Å². The standard InChI is InChI=1S/C23H16ClNO3/c24-20-12-5-4-10-18(20)15-27-19-11-6-7-16(13-19)14-21-23(26)28-22(25-21)17-8-2-1-3-9-17/h1-14H,15H2/b21-14-. The summed E-state index contributed by atoms with van der Waals surface area (Å²) in [6, 6.07) is 24.3. The third-order valence-electron chi connectivity index (χ3n) is 4.15. The van der Waals surface area contributed by atoms with Crippen LogP contribution in [0.25, 0.3) is 6.08 Å². The number of ether oxygens (including phenoxy) is 2. The van der Waals surface area contributed by atoms with Crippen molar-refractivity contribution in [2.24, 2.45) is 4.99 Å². The van der Waals surface area contributed by atoms with Crippen molar-refractivity contribution in [2.45, 2.75) is 6.61 Å². The van der Waals surface area contributed by atoms with Crippen molar-refractivity contribution in [3.05, 3.63) is 106 Å². The summed E-state index contributed by atoms with van der Waals surface area (Å²) in [5.41, 5.74) is 2.71. The molecule has 0 fully saturated rings. The Kier molecular flexibility index (Phi) is 5.22. The van der Waals surface area contributed by atoms with Crippen LogP contribution in [0.5, 0.6) is 5.75 Å². The van der Waals surface area contributed by atoms with Gasteiger partial charge >= 0.3 is 5.97 Å². The molecule has 0 aromatic heterocycles. The molecule has 0 saturated heterocycles. The average Bonchev–Trinajstić information content (AvgIpc) is 3.09. The quantitative estimate of drug-likeness (QED) is 0.441. The van der Waals surface area contributed by atoms with Crippen molar-refractivity contribution in [1.82, 2.24) is 0 Å². The van der Waals surface area contributed by atoms with E-state index in [2.05, 4.69) is 4.99 Å². The van der Waals surface area contributed by atoms with Crippen molar-refractivity contribution < 1.29 is 14.3 Å². The Hall–Kier alpha value is -3.37. The van der Waals surface area contributed by atoms with Crippen LogP contribution >= 0.6 is 11.6 Å². The lowest BCUT2D eigenvalue weighted by atomic mass is 10.2. The summed E-state index contributed by atoms with van der Waals surface area (Å²) in [5.74, 6) is 0.511. The molecule has 0 atom stereocenters. The number of aliphatic imine (C=N–C) groups is 1. The Balaban J connectivity index is 1.52. The lowest BCUT2D eigenvalue weighted by Crippen LogP contribution is -2.04. The van der Waals surface area contributed by atoms with Gasteiger partial charge in [0.25, 0.3) is 0 Å². The summed E-state index contributed by atoms with van der Waals surface area (Å²) in [4.78, 5) is 16.5. The van der Waals surface area contributed by atoms with Crippen molar-refractivity contribution in [1.29, 1.82) is 0 Å². The summed E-state index contributed by atoms with van der Waals surface area (Å²) < 4.78 is 11.1. The van der Waals surface area contributed by atoms with Gasteiger partial charge in [-0.3, -0.25) is 0 Å². The van der Waals surface area contributed by atoms with Crippen molar-refractivity contribution in [3.63, 3.8) is 0 Å². The van der Waals surface area contributed by atoms with Gasteiger partial charge in [0.1, 0.15) is 12.4 Å². The average molecular weight is 390 g/mol. The highest BCUT2D eigenvalue weighted by Crippen LogP contribution is 2.23. The van der Waals surface area contributed by atoms with E-state index < -0.39 is 5.97 Å². The van der Waals surface area contributed by atoms with Crippen molar-refractivity contribution >= 4 is 29.5 Å². The monoisotopic (exact) mass is 389 g/mol. The first-order valence-corrected chi connectivity index (χ1v) is 9.11. The van der Waals surface area contributed by atoms with Gasteiger partial charge in [0, 0.05) is 16.1 Å². The van der Waals surface area contributed by atoms with E-state index in [0.717, 1.165) is 16.7 Å². The molecule has 0 amide bonds. The van der Waals surface area contributed by atoms with E-state index >= 15 is 0 Å². The number of hydrogen-bond acceptors (Lipinski definition) is 4. The third kappa shape index (κ3) is 4.13. The molecule has 1 aliphatic rings. The minimum Gasteiger partial charge on any atom is -0.489 e. The van der Waals surface area contributed by atoms with Crippen LogP contribution in [0.3, 0.4) is 0 Å². The maximum atomic E-state index is 12.1. The number of halogens is 1. The van der Waals surface area contributed by atoms with Gasteiger partial charge in [-0.05, 0) is 42.0 Å². The third-order valence-corrected chi connectivity index (χ3v) is 4.52. The second-order valence-corrected chi connectivity index (χ2v) is 6.56. The molecule has 28 heavy (non-hydrogen) atoms. The summed E-state index contributed by atoms with van der Waals surface area (Å²) in [6.45, 7) is 0.359. The second kappa shape index (κ2) is 8.11. The van der Waals surface area contributed by atoms with Gasteiger partial charge in [0.2, 0.25) is 5.90 Å². The zero-order chi connectivity index (χ0) is 19.3. The van der Waals surface area contributed by atoms with Gasteiger partial charge in [-0.15, -0.1) is 0 Å². The topological polar surface area (TPSA) is 47.9 Å². The van der Waals surface area contributed by atoms with Crippen LogP contribution in [-0.4, -0.2) is 11.9 Å². The van der Waals surface area contributed by atoms with Gasteiger partial charge in [0.15, 0.2) is 5.70 Å². The Labute approximate surface area is 167 Å². The molecule has 0 radical (unpaired) electrons. The van der Waals surface area contributed by atoms with Gasteiger partial charge in [-0.1, -0.05) is 60.1 Å². The number of benzene rings is 3. The van der Waals surface area contributed by atoms with Crippen LogP contribution in [0.4, 0.5) is 0 Å². The first-order valence-electron chi connectivity index (χ1n) is 8.73. The molecule has 4 rings (SSSR count). The highest BCUT2D eigenvalue weighted by molar-refractivity contribution is 6.31. The summed E-state index contributed by atoms with van der Waals surface area (Å²) >= 11 is 6.16. The molecule has 4 nitrogen and oxygen atoms in total. The number of rotatable bonds is 5. The van der Waals surface area contributed by atoms with E-state index in [1.807, 2.05) is 78.9 Å². The van der Waals surface area contributed by atoms with Gasteiger partial charge in [-0.25, -0.2) is 9.79 Å². The van der Waals surface area contributed by atoms with Crippen LogP contribution in [0, 0.1) is 0 Å². The smallest absolute Gasteiger partial charge is 0.363 e. The van der Waals surface area contributed by atoms with Crippen LogP contribution < -0.4 is 4.74 Å². The lowest BCUT2D eigenvalue weighted by molar-refractivity contribution is -0.129. The van der Waals surface area contributed by atoms with E-state index in [1.165, 1.54) is 0 Å². The molecule has 0 aliphatic carbocycles. The fraction of sp³-hybridized carbons (Fsp3) is 0.0435. The molecule has 0 unspecified atom stereocenters. The molecule has 1 aliphatic heterocycles. The van der Waals surface area contributed by atoms with Crippen LogP contribution in [0.2, 0.25) is 5.02 Å². The second-order valence-electron chi connectivity index (χ2n) is 6.15. The minimum atomic E-state index is -0.471. The number of carbonyl (C=O) groups excluding carboxylic acids is 1. The highest BCUT2D eigenvalue weighted by atomic mass is 35.5. The Morgan fingerprint density at radius 2 is 1.75 bits per heavy atom. The Morgan fingerprint density at radius 1 is 0.964 bits per heavy atom. The maximum Gasteiger partial charge on any atom is 0.363 e. The summed E-state index contributed by atoms with van der Waals surface area (Å²) in [7, 11) is 0. The predicted octanol–water partition coefficient (Wildman–Crippen LogP) is 5.26. The predicted molar refractivity (Wildman–Crippen MR) is 109 cm³/mol. The van der Waals surface area contributed by atoms with E-state index in [4.69, 9.17) is 21.1 Å². The highest BCUT2D eigenvalue weighted by Gasteiger charge is 2.23. The van der Waals surface area contributed by atoms with E-state index in [0.29, 0.717) is 23.3 Å². The lowest BCUT2D eigenvalue weighted by Gasteiger charge is -2.08. The Bertz CT molecular complexity index is 1070. The first kappa shape index (κ1) is 18.0. The van der Waals surface area contributed by atoms with Crippen LogP contribution in [0.1, 0.15) is 16.7 Å². The molecular weight excluding hydrogens is 374 g/mol. The fourth-order valence-electron chi connectivity index (χ4n) is 2.74. The largest absolute Gasteiger partial charge is 0.489 e. The number of nitrogens with zero attached hydrogens (tertiary/aromatic N) is 1. The number of esters is 1. The number of hydrogen-bond donors (Lipinski definition) is 0. The van der Waals surface area contributed by atoms with Crippen molar-refractivity contribution in [2.75, 3.05) is 0 Å². The number of cyclic esters (lactones) is 1. The fourth-order valence-corrected chi connectivity index (χ4v) is 2.93. The summed E-state index contributed by atoms with van der Waals surface area (Å²) in [5, 5.41) is 0.664. The minimum absolute atomic E-state index is 0.252. The zero-order valence-corrected chi connectivity index (χ0v) is 15.6. The molecule has 1 heterocycles. The molecule has 0 spiro atoms. The van der Waals surface area contributed by atoms with Gasteiger partial charge in [-0.2, -0.15) is 0 Å². The SMILES string of the molecule is O=C1OC(c2ccccc2)=N/C1=C\c1cccc(OCc2ccccc2Cl)c1. The molecule has 3 aromatic rings. The van der Waals surface area contributed by atoms with E-state index in [1.54, 1.807) is 6.08 Å². The van der Waals surface area contributed by atoms with E-state index in [9.17, 15) is 4.79 Å². The molecule has 0 bridgehead atoms. The maximum absolute atomic E-state index is 12.1. The molecule has 138 valence electrons. The van der Waals surface area contributed by atoms with Gasteiger partial charge in [0.05, 0.1) is 0 Å². The number of carbonyl (C=O) groups is 1. The molecule has 5 heteroatoms. The van der Waals surface area contributed by atoms with Crippen molar-refractivity contribution in [3.8, 4) is 5.75 Å². The zero-order valence-electron chi connectivity index (χ0n) is 14.8. The molecule has 3 aromatic carbocycles. The molecule has 0 N–H and O–H groups in total. The van der Waals surface area contributed by atoms with E-state index in [-0.39, 0.29) is 5.70 Å². The molecular formula is C23H16ClNO3. The summed E-state index contributed by atoms with van der Waals surface area (Å²) in [6.07, 6.45) is 1.68. The van der Waals surface area contributed by atoms with Crippen LogP contribution in [-0.2, 0) is 16.1 Å². The molecule has 0 saturated carbocycles.